The first-order chi connectivity index (χ1) is 7.66. The second-order valence-electron chi connectivity index (χ2n) is 3.31. The molecule has 1 nitrogen and oxygen atoms in total. The molecule has 0 amide bonds. The Bertz CT molecular complexity index is 508. The topological polar surface area (TPSA) is 17.1 Å². The lowest BCUT2D eigenvalue weighted by Gasteiger charge is -2.01. The minimum atomic E-state index is -0.433. The van der Waals surface area contributed by atoms with Gasteiger partial charge in [0.1, 0.15) is 5.82 Å². The summed E-state index contributed by atoms with van der Waals surface area (Å²) in [5.74, 6) is -0.506. The predicted molar refractivity (Wildman–Crippen MR) is 63.8 cm³/mol. The van der Waals surface area contributed by atoms with Gasteiger partial charge >= 0.3 is 0 Å². The number of ketones is 1. The third kappa shape index (κ3) is 2.49. The van der Waals surface area contributed by atoms with Crippen molar-refractivity contribution in [2.45, 2.75) is 6.42 Å². The normalized spacial score (nSPS) is 10.4. The van der Waals surface area contributed by atoms with E-state index >= 15 is 0 Å². The van der Waals surface area contributed by atoms with E-state index in [1.807, 2.05) is 5.38 Å². The Morgan fingerprint density at radius 1 is 1.38 bits per heavy atom. The van der Waals surface area contributed by atoms with Crippen LogP contribution in [0.1, 0.15) is 15.2 Å². The van der Waals surface area contributed by atoms with E-state index in [1.54, 1.807) is 24.3 Å². The molecule has 1 heterocycles. The third-order valence-electron chi connectivity index (χ3n) is 2.16. The van der Waals surface area contributed by atoms with E-state index in [-0.39, 0.29) is 12.2 Å². The monoisotopic (exact) mass is 254 g/mol. The first kappa shape index (κ1) is 11.3. The van der Waals surface area contributed by atoms with Gasteiger partial charge in [-0.1, -0.05) is 23.7 Å². The Hall–Kier alpha value is -1.19. The fourth-order valence-electron chi connectivity index (χ4n) is 1.36. The smallest absolute Gasteiger partial charge is 0.177 e. The average molecular weight is 255 g/mol. The lowest BCUT2D eigenvalue weighted by molar-refractivity contribution is 0.0995. The SMILES string of the molecule is O=C(Cc1ccc(Cl)cc1F)c1cccs1. The van der Waals surface area contributed by atoms with E-state index in [0.29, 0.717) is 15.5 Å². The van der Waals surface area contributed by atoms with E-state index in [2.05, 4.69) is 0 Å². The molecule has 0 spiro atoms. The molecule has 0 bridgehead atoms. The van der Waals surface area contributed by atoms with E-state index in [1.165, 1.54) is 17.4 Å². The van der Waals surface area contributed by atoms with Crippen LogP contribution in [-0.2, 0) is 6.42 Å². The molecule has 0 aliphatic rings. The van der Waals surface area contributed by atoms with Crippen molar-refractivity contribution in [3.63, 3.8) is 0 Å². The van der Waals surface area contributed by atoms with Gasteiger partial charge < -0.3 is 0 Å². The van der Waals surface area contributed by atoms with Gasteiger partial charge in [0.25, 0.3) is 0 Å². The van der Waals surface area contributed by atoms with Crippen molar-refractivity contribution in [1.82, 2.24) is 0 Å². The Kier molecular flexibility index (Phi) is 3.36. The molecule has 16 heavy (non-hydrogen) atoms. The molecule has 0 N–H and O–H groups in total. The van der Waals surface area contributed by atoms with Crippen LogP contribution in [-0.4, -0.2) is 5.78 Å². The molecular weight excluding hydrogens is 247 g/mol. The van der Waals surface area contributed by atoms with Crippen LogP contribution in [0.15, 0.2) is 35.7 Å². The molecule has 2 rings (SSSR count). The van der Waals surface area contributed by atoms with Crippen LogP contribution in [0, 0.1) is 5.82 Å². The summed E-state index contributed by atoms with van der Waals surface area (Å²) in [6.07, 6.45) is 0.0729. The standard InChI is InChI=1S/C12H8ClFOS/c13-9-4-3-8(10(14)7-9)6-11(15)12-2-1-5-16-12/h1-5,7H,6H2. The van der Waals surface area contributed by atoms with Crippen molar-refractivity contribution in [3.05, 3.63) is 57.0 Å². The molecule has 82 valence electrons. The second kappa shape index (κ2) is 4.76. The Labute approximate surface area is 101 Å². The lowest BCUT2D eigenvalue weighted by Crippen LogP contribution is -2.03. The number of carbonyl (C=O) groups is 1. The summed E-state index contributed by atoms with van der Waals surface area (Å²) in [5.41, 5.74) is 0.378. The molecule has 1 aromatic heterocycles. The van der Waals surface area contributed by atoms with Crippen LogP contribution in [0.4, 0.5) is 4.39 Å². The molecular formula is C12H8ClFOS. The summed E-state index contributed by atoms with van der Waals surface area (Å²) < 4.78 is 13.4. The highest BCUT2D eigenvalue weighted by Gasteiger charge is 2.11. The number of hydrogen-bond acceptors (Lipinski definition) is 2. The zero-order valence-electron chi connectivity index (χ0n) is 8.24. The van der Waals surface area contributed by atoms with Crippen LogP contribution in [0.5, 0.6) is 0 Å². The highest BCUT2D eigenvalue weighted by atomic mass is 35.5. The summed E-state index contributed by atoms with van der Waals surface area (Å²) in [4.78, 5) is 12.4. The Morgan fingerprint density at radius 3 is 2.81 bits per heavy atom. The maximum Gasteiger partial charge on any atom is 0.177 e. The van der Waals surface area contributed by atoms with Crippen molar-refractivity contribution >= 4 is 28.7 Å². The van der Waals surface area contributed by atoms with Gasteiger partial charge in [0.2, 0.25) is 0 Å². The number of halogens is 2. The summed E-state index contributed by atoms with van der Waals surface area (Å²) in [5, 5.41) is 2.16. The summed E-state index contributed by atoms with van der Waals surface area (Å²) >= 11 is 6.99. The second-order valence-corrected chi connectivity index (χ2v) is 4.70. The van der Waals surface area contributed by atoms with Gasteiger partial charge in [-0.15, -0.1) is 11.3 Å². The first-order valence-electron chi connectivity index (χ1n) is 4.67. The molecule has 0 fully saturated rings. The quantitative estimate of drug-likeness (QED) is 0.758. The molecule has 0 unspecified atom stereocenters. The van der Waals surface area contributed by atoms with Crippen LogP contribution in [0.2, 0.25) is 5.02 Å². The number of hydrogen-bond donors (Lipinski definition) is 0. The number of Topliss-reactive ketones (excluding diaryl/α,β-unsaturated/α-hetero) is 1. The van der Waals surface area contributed by atoms with Gasteiger partial charge in [-0.05, 0) is 29.1 Å². The van der Waals surface area contributed by atoms with E-state index in [4.69, 9.17) is 11.6 Å². The molecule has 0 radical (unpaired) electrons. The van der Waals surface area contributed by atoms with E-state index < -0.39 is 5.82 Å². The van der Waals surface area contributed by atoms with Crippen LogP contribution in [0.3, 0.4) is 0 Å². The zero-order chi connectivity index (χ0) is 11.5. The fourth-order valence-corrected chi connectivity index (χ4v) is 2.19. The van der Waals surface area contributed by atoms with Gasteiger partial charge in [-0.3, -0.25) is 4.79 Å². The number of thiophene rings is 1. The predicted octanol–water partition coefficient (Wildman–Crippen LogP) is 3.97. The van der Waals surface area contributed by atoms with E-state index in [9.17, 15) is 9.18 Å². The summed E-state index contributed by atoms with van der Waals surface area (Å²) in [6, 6.07) is 7.89. The molecule has 0 atom stereocenters. The minimum Gasteiger partial charge on any atom is -0.293 e. The van der Waals surface area contributed by atoms with Gasteiger partial charge in [-0.25, -0.2) is 4.39 Å². The lowest BCUT2D eigenvalue weighted by atomic mass is 10.1. The van der Waals surface area contributed by atoms with Crippen LogP contribution < -0.4 is 0 Å². The highest BCUT2D eigenvalue weighted by Crippen LogP contribution is 2.18. The number of carbonyl (C=O) groups excluding carboxylic acids is 1. The van der Waals surface area contributed by atoms with Crippen molar-refractivity contribution in [3.8, 4) is 0 Å². The highest BCUT2D eigenvalue weighted by molar-refractivity contribution is 7.12. The van der Waals surface area contributed by atoms with Crippen molar-refractivity contribution in [1.29, 1.82) is 0 Å². The third-order valence-corrected chi connectivity index (χ3v) is 3.31. The molecule has 1 aromatic carbocycles. The molecule has 0 saturated heterocycles. The van der Waals surface area contributed by atoms with Crippen molar-refractivity contribution < 1.29 is 9.18 Å². The van der Waals surface area contributed by atoms with Crippen molar-refractivity contribution in [2.24, 2.45) is 0 Å². The van der Waals surface area contributed by atoms with Gasteiger partial charge in [0.05, 0.1) is 4.88 Å². The summed E-state index contributed by atoms with van der Waals surface area (Å²) in [6.45, 7) is 0. The zero-order valence-corrected chi connectivity index (χ0v) is 9.82. The molecule has 0 aliphatic carbocycles. The molecule has 2 aromatic rings. The van der Waals surface area contributed by atoms with Gasteiger partial charge in [0, 0.05) is 11.4 Å². The number of rotatable bonds is 3. The minimum absolute atomic E-state index is 0.0729. The van der Waals surface area contributed by atoms with Gasteiger partial charge in [0.15, 0.2) is 5.78 Å². The van der Waals surface area contributed by atoms with Crippen LogP contribution in [0.25, 0.3) is 0 Å². The first-order valence-corrected chi connectivity index (χ1v) is 5.93. The Morgan fingerprint density at radius 2 is 2.19 bits per heavy atom. The van der Waals surface area contributed by atoms with Crippen molar-refractivity contribution in [2.75, 3.05) is 0 Å². The molecule has 0 aliphatic heterocycles. The maximum absolute atomic E-state index is 13.4. The summed E-state index contributed by atoms with van der Waals surface area (Å²) in [7, 11) is 0. The largest absolute Gasteiger partial charge is 0.293 e. The Balaban J connectivity index is 2.18. The fraction of sp³-hybridized carbons (Fsp3) is 0.0833. The van der Waals surface area contributed by atoms with Gasteiger partial charge in [-0.2, -0.15) is 0 Å². The van der Waals surface area contributed by atoms with Crippen LogP contribution >= 0.6 is 22.9 Å². The number of benzene rings is 1. The maximum atomic E-state index is 13.4. The molecule has 0 saturated carbocycles. The average Bonchev–Trinajstić information content (AvgIpc) is 2.75. The van der Waals surface area contributed by atoms with E-state index in [0.717, 1.165) is 0 Å². The molecule has 4 heteroatoms.